The van der Waals surface area contributed by atoms with Gasteiger partial charge in [-0.15, -0.1) is 0 Å². The summed E-state index contributed by atoms with van der Waals surface area (Å²) < 4.78 is 1.64. The number of hydrogen-bond donors (Lipinski definition) is 3. The van der Waals surface area contributed by atoms with Gasteiger partial charge in [0.1, 0.15) is 11.6 Å². The van der Waals surface area contributed by atoms with Crippen LogP contribution in [0.3, 0.4) is 0 Å². The van der Waals surface area contributed by atoms with Gasteiger partial charge >= 0.3 is 0 Å². The third-order valence-corrected chi connectivity index (χ3v) is 6.66. The molecule has 0 aliphatic rings. The number of anilines is 3. The largest absolute Gasteiger partial charge is 0.368 e. The van der Waals surface area contributed by atoms with Crippen LogP contribution in [0.25, 0.3) is 22.7 Å². The van der Waals surface area contributed by atoms with Crippen LogP contribution < -0.4 is 21.9 Å². The van der Waals surface area contributed by atoms with E-state index in [0.717, 1.165) is 5.56 Å². The summed E-state index contributed by atoms with van der Waals surface area (Å²) in [5.41, 5.74) is 9.81. The molecule has 41 heavy (non-hydrogen) atoms. The number of nitrogens with two attached hydrogens (primary N) is 1. The number of rotatable bonds is 8. The SMILES string of the molecule is CCC(Nc1nc(N)nc(C)c1/C=C/C(=O)Nc1cccnc1)c1nc2cccc(C)c2c(=O)n1-c1ccccc1. The molecule has 0 saturated carbocycles. The molecule has 3 aromatic heterocycles. The quantitative estimate of drug-likeness (QED) is 0.231. The van der Waals surface area contributed by atoms with Gasteiger partial charge < -0.3 is 16.4 Å². The fraction of sp³-hybridized carbons (Fsp3) is 0.161. The Morgan fingerprint density at radius 1 is 1.02 bits per heavy atom. The smallest absolute Gasteiger partial charge is 0.266 e. The molecule has 4 N–H and O–H groups in total. The lowest BCUT2D eigenvalue weighted by molar-refractivity contribution is -0.111. The Morgan fingerprint density at radius 2 is 1.83 bits per heavy atom. The zero-order valence-electron chi connectivity index (χ0n) is 23.0. The van der Waals surface area contributed by atoms with E-state index >= 15 is 0 Å². The molecule has 2 aromatic carbocycles. The zero-order valence-corrected chi connectivity index (χ0v) is 23.0. The summed E-state index contributed by atoms with van der Waals surface area (Å²) >= 11 is 0. The minimum Gasteiger partial charge on any atom is -0.368 e. The number of amides is 1. The second-order valence-electron chi connectivity index (χ2n) is 9.51. The predicted octanol–water partition coefficient (Wildman–Crippen LogP) is 4.98. The molecule has 0 aliphatic carbocycles. The minimum atomic E-state index is -0.433. The molecule has 5 aromatic rings. The lowest BCUT2D eigenvalue weighted by atomic mass is 10.1. The number of nitrogens with one attached hydrogen (secondary N) is 2. The van der Waals surface area contributed by atoms with Crippen molar-refractivity contribution in [3.8, 4) is 5.69 Å². The Kier molecular flexibility index (Phi) is 7.82. The van der Waals surface area contributed by atoms with E-state index in [1.54, 1.807) is 42.1 Å². The van der Waals surface area contributed by atoms with E-state index in [-0.39, 0.29) is 17.4 Å². The number of nitrogens with zero attached hydrogens (tertiary/aromatic N) is 5. The van der Waals surface area contributed by atoms with Crippen LogP contribution in [-0.4, -0.2) is 30.4 Å². The highest BCUT2D eigenvalue weighted by Crippen LogP contribution is 2.28. The van der Waals surface area contributed by atoms with E-state index < -0.39 is 6.04 Å². The van der Waals surface area contributed by atoms with Crippen LogP contribution in [0.15, 0.2) is 83.9 Å². The molecule has 1 amide bonds. The van der Waals surface area contributed by atoms with E-state index in [1.165, 1.54) is 6.08 Å². The maximum absolute atomic E-state index is 13.9. The Balaban J connectivity index is 1.58. The van der Waals surface area contributed by atoms with Gasteiger partial charge in [0.15, 0.2) is 0 Å². The molecule has 1 unspecified atom stereocenters. The molecule has 3 heterocycles. The molecule has 0 saturated heterocycles. The number of para-hydroxylation sites is 1. The number of hydrogen-bond acceptors (Lipinski definition) is 8. The van der Waals surface area contributed by atoms with E-state index in [4.69, 9.17) is 10.7 Å². The topological polar surface area (TPSA) is 141 Å². The summed E-state index contributed by atoms with van der Waals surface area (Å²) in [6, 6.07) is 18.1. The van der Waals surface area contributed by atoms with Crippen LogP contribution in [-0.2, 0) is 4.79 Å². The van der Waals surface area contributed by atoms with Crippen molar-refractivity contribution < 1.29 is 4.79 Å². The number of nitrogen functional groups attached to an aromatic ring is 1. The van der Waals surface area contributed by atoms with Gasteiger partial charge in [0, 0.05) is 17.8 Å². The van der Waals surface area contributed by atoms with Crippen molar-refractivity contribution in [1.29, 1.82) is 0 Å². The molecular weight excluding hydrogens is 516 g/mol. The van der Waals surface area contributed by atoms with Crippen LogP contribution in [0.4, 0.5) is 17.5 Å². The first-order valence-electron chi connectivity index (χ1n) is 13.2. The Bertz CT molecular complexity index is 1800. The van der Waals surface area contributed by atoms with Crippen molar-refractivity contribution in [3.05, 3.63) is 112 Å². The van der Waals surface area contributed by atoms with Crippen LogP contribution in [0, 0.1) is 13.8 Å². The number of carbonyl (C=O) groups excluding carboxylic acids is 1. The number of pyridine rings is 1. The number of aromatic nitrogens is 5. The Morgan fingerprint density at radius 3 is 2.56 bits per heavy atom. The lowest BCUT2D eigenvalue weighted by Gasteiger charge is -2.23. The van der Waals surface area contributed by atoms with Crippen molar-refractivity contribution in [3.63, 3.8) is 0 Å². The summed E-state index contributed by atoms with van der Waals surface area (Å²) in [7, 11) is 0. The van der Waals surface area contributed by atoms with Crippen LogP contribution in [0.2, 0.25) is 0 Å². The van der Waals surface area contributed by atoms with Crippen molar-refractivity contribution in [2.45, 2.75) is 33.2 Å². The standard InChI is InChI=1S/C31H30N8O2/c1-4-24(29-37-25-14-8-10-19(2)27(25)30(41)39(29)22-12-6-5-7-13-22)36-28-23(20(3)34-31(32)38-28)15-16-26(40)35-21-11-9-17-33-18-21/h5-18,24H,4H2,1-3H3,(H,35,40)(H3,32,34,36,38)/b16-15+. The fourth-order valence-corrected chi connectivity index (χ4v) is 4.68. The van der Waals surface area contributed by atoms with Gasteiger partial charge in [0.05, 0.1) is 40.2 Å². The summed E-state index contributed by atoms with van der Waals surface area (Å²) in [5, 5.41) is 6.78. The summed E-state index contributed by atoms with van der Waals surface area (Å²) in [6.45, 7) is 5.69. The third kappa shape index (κ3) is 5.81. The van der Waals surface area contributed by atoms with E-state index in [0.29, 0.717) is 51.6 Å². The summed E-state index contributed by atoms with van der Waals surface area (Å²) in [4.78, 5) is 44.3. The van der Waals surface area contributed by atoms with Gasteiger partial charge in [-0.1, -0.05) is 37.3 Å². The predicted molar refractivity (Wildman–Crippen MR) is 162 cm³/mol. The first-order chi connectivity index (χ1) is 19.9. The highest BCUT2D eigenvalue weighted by atomic mass is 16.1. The van der Waals surface area contributed by atoms with Crippen LogP contribution in [0.5, 0.6) is 0 Å². The monoisotopic (exact) mass is 546 g/mol. The average molecular weight is 547 g/mol. The first-order valence-corrected chi connectivity index (χ1v) is 13.2. The molecule has 0 fully saturated rings. The molecule has 206 valence electrons. The number of benzene rings is 2. The summed E-state index contributed by atoms with van der Waals surface area (Å²) in [5.74, 6) is 0.697. The molecule has 0 bridgehead atoms. The van der Waals surface area contributed by atoms with Crippen molar-refractivity contribution in [1.82, 2.24) is 24.5 Å². The number of carbonyl (C=O) groups is 1. The van der Waals surface area contributed by atoms with Crippen LogP contribution >= 0.6 is 0 Å². The second-order valence-corrected chi connectivity index (χ2v) is 9.51. The zero-order chi connectivity index (χ0) is 28.9. The van der Waals surface area contributed by atoms with Crippen molar-refractivity contribution >= 4 is 40.3 Å². The number of aryl methyl sites for hydroxylation is 2. The van der Waals surface area contributed by atoms with Crippen molar-refractivity contribution in [2.24, 2.45) is 0 Å². The highest BCUT2D eigenvalue weighted by Gasteiger charge is 2.23. The van der Waals surface area contributed by atoms with Gasteiger partial charge in [-0.2, -0.15) is 4.98 Å². The number of fused-ring (bicyclic) bond motifs is 1. The van der Waals surface area contributed by atoms with Gasteiger partial charge in [-0.3, -0.25) is 19.1 Å². The first kappa shape index (κ1) is 27.2. The molecule has 0 radical (unpaired) electrons. The summed E-state index contributed by atoms with van der Waals surface area (Å²) in [6.07, 6.45) is 6.80. The molecule has 0 spiro atoms. The van der Waals surface area contributed by atoms with E-state index in [9.17, 15) is 9.59 Å². The molecule has 10 nitrogen and oxygen atoms in total. The normalized spacial score (nSPS) is 12.0. The molecule has 0 aliphatic heterocycles. The van der Waals surface area contributed by atoms with Gasteiger partial charge in [-0.25, -0.2) is 9.97 Å². The molecule has 10 heteroatoms. The van der Waals surface area contributed by atoms with Gasteiger partial charge in [0.2, 0.25) is 11.9 Å². The van der Waals surface area contributed by atoms with Gasteiger partial charge in [0.25, 0.3) is 5.56 Å². The van der Waals surface area contributed by atoms with E-state index in [2.05, 4.69) is 25.6 Å². The maximum Gasteiger partial charge on any atom is 0.266 e. The maximum atomic E-state index is 13.9. The molecule has 5 rings (SSSR count). The second kappa shape index (κ2) is 11.8. The highest BCUT2D eigenvalue weighted by molar-refractivity contribution is 6.02. The van der Waals surface area contributed by atoms with Crippen molar-refractivity contribution in [2.75, 3.05) is 16.4 Å². The Hall–Kier alpha value is -5.38. The molecule has 1 atom stereocenters. The lowest BCUT2D eigenvalue weighted by Crippen LogP contribution is -2.29. The third-order valence-electron chi connectivity index (χ3n) is 6.66. The fourth-order valence-electron chi connectivity index (χ4n) is 4.68. The average Bonchev–Trinajstić information content (AvgIpc) is 2.96. The Labute approximate surface area is 237 Å². The van der Waals surface area contributed by atoms with E-state index in [1.807, 2.05) is 62.4 Å². The van der Waals surface area contributed by atoms with Crippen LogP contribution in [0.1, 0.15) is 42.0 Å². The molecular formula is C31H30N8O2. The minimum absolute atomic E-state index is 0.0827. The van der Waals surface area contributed by atoms with Gasteiger partial charge in [-0.05, 0) is 62.2 Å².